The summed E-state index contributed by atoms with van der Waals surface area (Å²) in [6.07, 6.45) is 1.38. The summed E-state index contributed by atoms with van der Waals surface area (Å²) in [5, 5.41) is 11.1. The van der Waals surface area contributed by atoms with Crippen LogP contribution in [0, 0.1) is 6.92 Å². The van der Waals surface area contributed by atoms with Gasteiger partial charge in [0.2, 0.25) is 0 Å². The second-order valence-electron chi connectivity index (χ2n) is 6.94. The second-order valence-corrected chi connectivity index (χ2v) is 9.58. The zero-order valence-corrected chi connectivity index (χ0v) is 16.7. The van der Waals surface area contributed by atoms with Crippen LogP contribution in [0.2, 0.25) is 5.02 Å². The predicted octanol–water partition coefficient (Wildman–Crippen LogP) is 2.67. The van der Waals surface area contributed by atoms with Crippen molar-refractivity contribution in [2.75, 3.05) is 24.7 Å². The third-order valence-electron chi connectivity index (χ3n) is 4.68. The van der Waals surface area contributed by atoms with Crippen LogP contribution in [0.1, 0.15) is 17.7 Å². The van der Waals surface area contributed by atoms with Gasteiger partial charge in [0.25, 0.3) is 0 Å². The lowest BCUT2D eigenvalue weighted by Gasteiger charge is -2.29. The Kier molecular flexibility index (Phi) is 6.47. The van der Waals surface area contributed by atoms with Crippen molar-refractivity contribution in [1.82, 2.24) is 4.90 Å². The van der Waals surface area contributed by atoms with E-state index < -0.39 is 15.9 Å². The van der Waals surface area contributed by atoms with E-state index in [1.807, 2.05) is 24.0 Å². The van der Waals surface area contributed by atoms with E-state index in [1.165, 1.54) is 0 Å². The highest BCUT2D eigenvalue weighted by atomic mass is 35.5. The van der Waals surface area contributed by atoms with Crippen molar-refractivity contribution in [3.63, 3.8) is 0 Å². The van der Waals surface area contributed by atoms with Gasteiger partial charge >= 0.3 is 0 Å². The topological polar surface area (TPSA) is 80.0 Å². The third-order valence-corrected chi connectivity index (χ3v) is 6.86. The lowest BCUT2D eigenvalue weighted by atomic mass is 10.2. The Morgan fingerprint density at radius 2 is 2.22 bits per heavy atom. The van der Waals surface area contributed by atoms with Crippen LogP contribution in [0.4, 0.5) is 0 Å². The molecule has 1 aromatic heterocycles. The van der Waals surface area contributed by atoms with Crippen LogP contribution in [0.3, 0.4) is 0 Å². The molecule has 2 aromatic rings. The van der Waals surface area contributed by atoms with Crippen LogP contribution in [0.25, 0.3) is 0 Å². The fourth-order valence-corrected chi connectivity index (χ4v) is 5.11. The van der Waals surface area contributed by atoms with E-state index >= 15 is 0 Å². The van der Waals surface area contributed by atoms with E-state index in [0.717, 1.165) is 11.3 Å². The molecule has 1 aliphatic heterocycles. The molecular weight excluding hydrogens is 390 g/mol. The molecule has 0 radical (unpaired) electrons. The molecule has 3 rings (SSSR count). The maximum absolute atomic E-state index is 11.9. The Balaban J connectivity index is 1.61. The van der Waals surface area contributed by atoms with Crippen molar-refractivity contribution >= 4 is 21.4 Å². The Labute approximate surface area is 164 Å². The summed E-state index contributed by atoms with van der Waals surface area (Å²) in [6, 6.07) is 8.83. The molecule has 1 saturated heterocycles. The standard InChI is InChI=1S/C19H24ClNO5S/c1-14-9-17(4-5-19(14)20)26-12-16(22)10-21(11-18-3-2-7-25-18)15-6-8-27(23,24)13-15/h2-5,7,9,15-16,22H,6,8,10-13H2,1H3. The minimum absolute atomic E-state index is 0.106. The van der Waals surface area contributed by atoms with Gasteiger partial charge in [0.1, 0.15) is 24.2 Å². The first kappa shape index (κ1) is 20.2. The third kappa shape index (κ3) is 5.72. The van der Waals surface area contributed by atoms with Crippen LogP contribution >= 0.6 is 11.6 Å². The Hall–Kier alpha value is -1.54. The molecule has 1 N–H and O–H groups in total. The Bertz CT molecular complexity index is 853. The highest BCUT2D eigenvalue weighted by molar-refractivity contribution is 7.91. The number of rotatable bonds is 8. The first-order valence-electron chi connectivity index (χ1n) is 8.86. The normalized spacial score (nSPS) is 20.1. The minimum Gasteiger partial charge on any atom is -0.491 e. The van der Waals surface area contributed by atoms with E-state index in [4.69, 9.17) is 20.8 Å². The summed E-state index contributed by atoms with van der Waals surface area (Å²) in [6.45, 7) is 2.74. The molecule has 2 atom stereocenters. The summed E-state index contributed by atoms with van der Waals surface area (Å²) in [4.78, 5) is 1.96. The van der Waals surface area contributed by atoms with Gasteiger partial charge in [-0.3, -0.25) is 4.90 Å². The molecule has 2 heterocycles. The molecule has 8 heteroatoms. The van der Waals surface area contributed by atoms with E-state index in [9.17, 15) is 13.5 Å². The number of nitrogens with zero attached hydrogens (tertiary/aromatic N) is 1. The number of benzene rings is 1. The molecule has 6 nitrogen and oxygen atoms in total. The molecular formula is C19H24ClNO5S. The average Bonchev–Trinajstić information content (AvgIpc) is 3.24. The van der Waals surface area contributed by atoms with Crippen LogP contribution < -0.4 is 4.74 Å². The number of hydrogen-bond acceptors (Lipinski definition) is 6. The number of furan rings is 1. The molecule has 27 heavy (non-hydrogen) atoms. The van der Waals surface area contributed by atoms with E-state index in [1.54, 1.807) is 24.5 Å². The first-order chi connectivity index (χ1) is 12.8. The molecule has 0 aliphatic carbocycles. The minimum atomic E-state index is -3.02. The van der Waals surface area contributed by atoms with Crippen molar-refractivity contribution in [1.29, 1.82) is 0 Å². The van der Waals surface area contributed by atoms with Crippen molar-refractivity contribution in [3.8, 4) is 5.75 Å². The molecule has 0 spiro atoms. The number of aryl methyl sites for hydroxylation is 1. The monoisotopic (exact) mass is 413 g/mol. The fourth-order valence-electron chi connectivity index (χ4n) is 3.23. The maximum atomic E-state index is 11.9. The average molecular weight is 414 g/mol. The SMILES string of the molecule is Cc1cc(OCC(O)CN(Cc2ccco2)C2CCS(=O)(=O)C2)ccc1Cl. The van der Waals surface area contributed by atoms with Crippen molar-refractivity contribution < 1.29 is 22.7 Å². The van der Waals surface area contributed by atoms with Gasteiger partial charge in [-0.1, -0.05) is 11.6 Å². The van der Waals surface area contributed by atoms with Gasteiger partial charge in [-0.2, -0.15) is 0 Å². The van der Waals surface area contributed by atoms with Gasteiger partial charge in [-0.15, -0.1) is 0 Å². The van der Waals surface area contributed by atoms with Crippen molar-refractivity contribution in [3.05, 3.63) is 52.9 Å². The van der Waals surface area contributed by atoms with Gasteiger partial charge in [0.05, 0.1) is 24.3 Å². The second kappa shape index (κ2) is 8.65. The van der Waals surface area contributed by atoms with Crippen LogP contribution in [-0.4, -0.2) is 55.2 Å². The lowest BCUT2D eigenvalue weighted by molar-refractivity contribution is 0.0497. The quantitative estimate of drug-likeness (QED) is 0.716. The predicted molar refractivity (Wildman–Crippen MR) is 104 cm³/mol. The molecule has 148 valence electrons. The number of aliphatic hydroxyl groups is 1. The number of aliphatic hydroxyl groups excluding tert-OH is 1. The summed E-state index contributed by atoms with van der Waals surface area (Å²) in [5.41, 5.74) is 0.902. The van der Waals surface area contributed by atoms with Gasteiger partial charge in [0, 0.05) is 17.6 Å². The first-order valence-corrected chi connectivity index (χ1v) is 11.1. The van der Waals surface area contributed by atoms with E-state index in [0.29, 0.717) is 30.3 Å². The molecule has 0 saturated carbocycles. The van der Waals surface area contributed by atoms with Crippen LogP contribution in [0.15, 0.2) is 41.0 Å². The fraction of sp³-hybridized carbons (Fsp3) is 0.474. The molecule has 2 unspecified atom stereocenters. The number of sulfone groups is 1. The van der Waals surface area contributed by atoms with Gasteiger partial charge in [0.15, 0.2) is 9.84 Å². The molecule has 1 fully saturated rings. The number of hydrogen-bond donors (Lipinski definition) is 1. The van der Waals surface area contributed by atoms with Crippen LogP contribution in [0.5, 0.6) is 5.75 Å². The maximum Gasteiger partial charge on any atom is 0.151 e. The lowest BCUT2D eigenvalue weighted by Crippen LogP contribution is -2.42. The van der Waals surface area contributed by atoms with Crippen molar-refractivity contribution in [2.45, 2.75) is 32.0 Å². The Morgan fingerprint density at radius 3 is 2.85 bits per heavy atom. The zero-order valence-electron chi connectivity index (χ0n) is 15.2. The molecule has 0 amide bonds. The van der Waals surface area contributed by atoms with E-state index in [-0.39, 0.29) is 24.2 Å². The van der Waals surface area contributed by atoms with Crippen LogP contribution in [-0.2, 0) is 16.4 Å². The summed E-state index contributed by atoms with van der Waals surface area (Å²) in [7, 11) is -3.02. The van der Waals surface area contributed by atoms with E-state index in [2.05, 4.69) is 0 Å². The van der Waals surface area contributed by atoms with Gasteiger partial charge in [-0.05, 0) is 49.2 Å². The Morgan fingerprint density at radius 1 is 1.41 bits per heavy atom. The summed E-state index contributed by atoms with van der Waals surface area (Å²) < 4.78 is 34.8. The summed E-state index contributed by atoms with van der Waals surface area (Å²) >= 11 is 6.01. The zero-order chi connectivity index (χ0) is 19.4. The largest absolute Gasteiger partial charge is 0.491 e. The summed E-state index contributed by atoms with van der Waals surface area (Å²) in [5.74, 6) is 1.67. The molecule has 1 aromatic carbocycles. The number of halogens is 1. The highest BCUT2D eigenvalue weighted by Crippen LogP contribution is 2.22. The highest BCUT2D eigenvalue weighted by Gasteiger charge is 2.33. The van der Waals surface area contributed by atoms with Crippen molar-refractivity contribution in [2.24, 2.45) is 0 Å². The molecule has 0 bridgehead atoms. The molecule has 1 aliphatic rings. The van der Waals surface area contributed by atoms with Gasteiger partial charge < -0.3 is 14.3 Å². The smallest absolute Gasteiger partial charge is 0.151 e. The van der Waals surface area contributed by atoms with Gasteiger partial charge in [-0.25, -0.2) is 8.42 Å². The number of ether oxygens (including phenoxy) is 1.